The Bertz CT molecular complexity index is 59.1. The number of rotatable bonds is 2. The molecule has 0 saturated carbocycles. The first-order chi connectivity index (χ1) is 3.27. The van der Waals surface area contributed by atoms with Gasteiger partial charge in [-0.3, -0.25) is 0 Å². The molecule has 0 saturated heterocycles. The largest absolute Gasteiger partial charge is 0.306 e. The zero-order valence-electron chi connectivity index (χ0n) is 4.69. The van der Waals surface area contributed by atoms with E-state index >= 15 is 0 Å². The Morgan fingerprint density at radius 1 is 1.57 bits per heavy atom. The second-order valence-electron chi connectivity index (χ2n) is 1.62. The molecule has 0 unspecified atom stereocenters. The number of hydrogen-bond donors (Lipinski definition) is 0. The maximum absolute atomic E-state index is 5.24. The molecule has 0 aliphatic rings. The van der Waals surface area contributed by atoms with Crippen molar-refractivity contribution < 1.29 is 0 Å². The molecule has 0 radical (unpaired) electrons. The van der Waals surface area contributed by atoms with E-state index in [1.807, 2.05) is 25.1 Å². The summed E-state index contributed by atoms with van der Waals surface area (Å²) in [4.78, 5) is 2.04. The van der Waals surface area contributed by atoms with Gasteiger partial charge in [0.1, 0.15) is 0 Å². The van der Waals surface area contributed by atoms with E-state index < -0.39 is 0 Å². The summed E-state index contributed by atoms with van der Waals surface area (Å²) >= 11 is 5.24. The molecule has 0 aliphatic heterocycles. The van der Waals surface area contributed by atoms with Crippen LogP contribution in [0.2, 0.25) is 0 Å². The van der Waals surface area contributed by atoms with Crippen molar-refractivity contribution in [2.45, 2.75) is 0 Å². The van der Waals surface area contributed by atoms with E-state index in [1.165, 1.54) is 5.54 Å². The molecule has 0 aliphatic carbocycles. The van der Waals surface area contributed by atoms with Gasteiger partial charge in [0.05, 0.1) is 0 Å². The van der Waals surface area contributed by atoms with Crippen LogP contribution in [0.15, 0.2) is 11.6 Å². The third-order valence-electron chi connectivity index (χ3n) is 0.560. The van der Waals surface area contributed by atoms with E-state index in [1.54, 1.807) is 0 Å². The van der Waals surface area contributed by atoms with Crippen molar-refractivity contribution in [3.8, 4) is 0 Å². The summed E-state index contributed by atoms with van der Waals surface area (Å²) in [6, 6.07) is 0. The SMILES string of the molecule is CN(C)CC=CCl. The molecule has 0 N–H and O–H groups in total. The predicted octanol–water partition coefficient (Wildman–Crippen LogP) is 1.30. The van der Waals surface area contributed by atoms with Gasteiger partial charge in [0.2, 0.25) is 0 Å². The predicted molar refractivity (Wildman–Crippen MR) is 33.5 cm³/mol. The van der Waals surface area contributed by atoms with Crippen LogP contribution < -0.4 is 0 Å². The van der Waals surface area contributed by atoms with Gasteiger partial charge in [0.25, 0.3) is 0 Å². The summed E-state index contributed by atoms with van der Waals surface area (Å²) in [6.07, 6.45) is 1.89. The Labute approximate surface area is 49.6 Å². The van der Waals surface area contributed by atoms with Crippen LogP contribution in [0.3, 0.4) is 0 Å². The minimum absolute atomic E-state index is 0.920. The molecule has 42 valence electrons. The molecule has 1 nitrogen and oxygen atoms in total. The summed E-state index contributed by atoms with van der Waals surface area (Å²) in [5.74, 6) is 0. The van der Waals surface area contributed by atoms with E-state index in [2.05, 4.69) is 0 Å². The van der Waals surface area contributed by atoms with Gasteiger partial charge in [-0.1, -0.05) is 17.7 Å². The molecule has 0 aromatic heterocycles. The second kappa shape index (κ2) is 4.16. The van der Waals surface area contributed by atoms with Gasteiger partial charge in [0, 0.05) is 12.1 Å². The van der Waals surface area contributed by atoms with E-state index in [-0.39, 0.29) is 0 Å². The Hall–Kier alpha value is -0.0100. The van der Waals surface area contributed by atoms with E-state index in [9.17, 15) is 0 Å². The van der Waals surface area contributed by atoms with Crippen LogP contribution >= 0.6 is 11.6 Å². The number of nitrogens with zero attached hydrogens (tertiary/aromatic N) is 1. The fraction of sp³-hybridized carbons (Fsp3) is 0.600. The van der Waals surface area contributed by atoms with Crippen LogP contribution in [-0.2, 0) is 0 Å². The Morgan fingerprint density at radius 3 is 2.29 bits per heavy atom. The van der Waals surface area contributed by atoms with Gasteiger partial charge < -0.3 is 4.90 Å². The molecule has 0 amide bonds. The van der Waals surface area contributed by atoms with Crippen molar-refractivity contribution in [2.24, 2.45) is 0 Å². The average molecular weight is 120 g/mol. The maximum atomic E-state index is 5.24. The topological polar surface area (TPSA) is 3.24 Å². The van der Waals surface area contributed by atoms with Crippen LogP contribution in [-0.4, -0.2) is 25.5 Å². The molecule has 0 aromatic carbocycles. The standard InChI is InChI=1S/C5H10ClN/c1-7(2)5-3-4-6/h3-4H,5H2,1-2H3. The fourth-order valence-electron chi connectivity index (χ4n) is 0.251. The van der Waals surface area contributed by atoms with Crippen molar-refractivity contribution >= 4 is 11.6 Å². The lowest BCUT2D eigenvalue weighted by Crippen LogP contribution is -2.09. The lowest BCUT2D eigenvalue weighted by Gasteiger charge is -2.01. The van der Waals surface area contributed by atoms with Gasteiger partial charge >= 0.3 is 0 Å². The van der Waals surface area contributed by atoms with Crippen molar-refractivity contribution in [3.63, 3.8) is 0 Å². The van der Waals surface area contributed by atoms with Crippen LogP contribution in [0.5, 0.6) is 0 Å². The molecule has 0 aromatic rings. The molecule has 0 rings (SSSR count). The summed E-state index contributed by atoms with van der Waals surface area (Å²) in [5, 5.41) is 0. The fourth-order valence-corrected chi connectivity index (χ4v) is 0.330. The highest BCUT2D eigenvalue weighted by Gasteiger charge is 1.77. The normalized spacial score (nSPS) is 11.4. The number of hydrogen-bond acceptors (Lipinski definition) is 1. The van der Waals surface area contributed by atoms with Gasteiger partial charge in [-0.05, 0) is 14.1 Å². The van der Waals surface area contributed by atoms with E-state index in [0.29, 0.717) is 0 Å². The smallest absolute Gasteiger partial charge is 0.0168 e. The maximum Gasteiger partial charge on any atom is 0.0168 e. The Balaban J connectivity index is 2.97. The minimum atomic E-state index is 0.920. The van der Waals surface area contributed by atoms with Crippen LogP contribution in [0, 0.1) is 0 Å². The highest BCUT2D eigenvalue weighted by atomic mass is 35.5. The van der Waals surface area contributed by atoms with Crippen molar-refractivity contribution in [1.29, 1.82) is 0 Å². The highest BCUT2D eigenvalue weighted by molar-refractivity contribution is 6.25. The highest BCUT2D eigenvalue weighted by Crippen LogP contribution is 1.79. The first kappa shape index (κ1) is 6.99. The second-order valence-corrected chi connectivity index (χ2v) is 1.88. The summed E-state index contributed by atoms with van der Waals surface area (Å²) in [5.41, 5.74) is 1.53. The van der Waals surface area contributed by atoms with Crippen molar-refractivity contribution in [1.82, 2.24) is 4.90 Å². The Kier molecular flexibility index (Phi) is 4.15. The van der Waals surface area contributed by atoms with Gasteiger partial charge in [-0.2, -0.15) is 0 Å². The van der Waals surface area contributed by atoms with Gasteiger partial charge in [-0.25, -0.2) is 0 Å². The minimum Gasteiger partial charge on any atom is -0.306 e. The first-order valence-electron chi connectivity index (χ1n) is 2.17. The summed E-state index contributed by atoms with van der Waals surface area (Å²) in [6.45, 7) is 0.920. The number of halogens is 1. The zero-order valence-corrected chi connectivity index (χ0v) is 5.44. The molecule has 0 heterocycles. The van der Waals surface area contributed by atoms with Crippen LogP contribution in [0.25, 0.3) is 0 Å². The van der Waals surface area contributed by atoms with Crippen molar-refractivity contribution in [2.75, 3.05) is 20.6 Å². The van der Waals surface area contributed by atoms with Gasteiger partial charge in [-0.15, -0.1) is 0 Å². The lowest BCUT2D eigenvalue weighted by molar-refractivity contribution is 0.457. The third-order valence-corrected chi connectivity index (χ3v) is 0.738. The third kappa shape index (κ3) is 5.99. The van der Waals surface area contributed by atoms with Gasteiger partial charge in [0.15, 0.2) is 0 Å². The molecular formula is C5H10ClN. The molecule has 0 atom stereocenters. The average Bonchev–Trinajstić information content (AvgIpc) is 1.61. The molecule has 0 bridgehead atoms. The van der Waals surface area contributed by atoms with Crippen LogP contribution in [0.4, 0.5) is 0 Å². The summed E-state index contributed by atoms with van der Waals surface area (Å²) < 4.78 is 0. The molecule has 0 spiro atoms. The van der Waals surface area contributed by atoms with E-state index in [4.69, 9.17) is 11.6 Å². The first-order valence-corrected chi connectivity index (χ1v) is 2.61. The zero-order chi connectivity index (χ0) is 5.70. The van der Waals surface area contributed by atoms with E-state index in [0.717, 1.165) is 6.54 Å². The molecular weight excluding hydrogens is 110 g/mol. The van der Waals surface area contributed by atoms with Crippen LogP contribution in [0.1, 0.15) is 0 Å². The molecule has 2 heteroatoms. The quantitative estimate of drug-likeness (QED) is 0.530. The molecule has 0 fully saturated rings. The monoisotopic (exact) mass is 119 g/mol. The lowest BCUT2D eigenvalue weighted by atomic mass is 10.6. The Morgan fingerprint density at radius 2 is 2.14 bits per heavy atom. The molecule has 7 heavy (non-hydrogen) atoms. The van der Waals surface area contributed by atoms with Crippen molar-refractivity contribution in [3.05, 3.63) is 11.6 Å². The summed E-state index contributed by atoms with van der Waals surface area (Å²) in [7, 11) is 3.99. The number of likely N-dealkylation sites (N-methyl/N-ethyl adjacent to an activating group) is 1.